The molecule has 1 amide bonds. The van der Waals surface area contributed by atoms with Crippen LogP contribution in [0.2, 0.25) is 0 Å². The summed E-state index contributed by atoms with van der Waals surface area (Å²) in [7, 11) is 0. The number of aryl methyl sites for hydroxylation is 1. The second-order valence-corrected chi connectivity index (χ2v) is 8.45. The molecular formula is C25H40N2O2. The van der Waals surface area contributed by atoms with E-state index in [1.165, 1.54) is 76.0 Å². The van der Waals surface area contributed by atoms with E-state index in [9.17, 15) is 4.79 Å². The number of carbonyl (C=O) groups is 1. The quantitative estimate of drug-likeness (QED) is 0.300. The number of ether oxygens (including phenoxy) is 1. The molecule has 1 aliphatic rings. The zero-order valence-corrected chi connectivity index (χ0v) is 18.3. The number of benzene rings is 1. The maximum Gasteiger partial charge on any atom is 0.251 e. The maximum atomic E-state index is 12.2. The van der Waals surface area contributed by atoms with Crippen LogP contribution >= 0.6 is 0 Å². The van der Waals surface area contributed by atoms with Crippen LogP contribution in [0.25, 0.3) is 0 Å². The van der Waals surface area contributed by atoms with Crippen molar-refractivity contribution in [1.29, 1.82) is 5.41 Å². The highest BCUT2D eigenvalue weighted by Gasteiger charge is 2.13. The summed E-state index contributed by atoms with van der Waals surface area (Å²) < 4.78 is 5.87. The van der Waals surface area contributed by atoms with E-state index in [1.807, 2.05) is 19.1 Å². The van der Waals surface area contributed by atoms with Crippen molar-refractivity contribution in [1.82, 2.24) is 5.32 Å². The summed E-state index contributed by atoms with van der Waals surface area (Å²) in [5, 5.41) is 10.2. The number of nitrogens with one attached hydrogen (secondary N) is 2. The number of rotatable bonds is 14. The minimum atomic E-state index is -0.181. The molecule has 0 saturated heterocycles. The average molecular weight is 401 g/mol. The lowest BCUT2D eigenvalue weighted by molar-refractivity contribution is 0.0824. The normalized spacial score (nSPS) is 15.8. The van der Waals surface area contributed by atoms with Crippen molar-refractivity contribution < 1.29 is 9.53 Å². The molecule has 0 aliphatic heterocycles. The van der Waals surface area contributed by atoms with Gasteiger partial charge in [-0.2, -0.15) is 0 Å². The Hall–Kier alpha value is -1.68. The van der Waals surface area contributed by atoms with Gasteiger partial charge in [-0.25, -0.2) is 0 Å². The summed E-state index contributed by atoms with van der Waals surface area (Å²) in [5.41, 5.74) is 1.96. The van der Waals surface area contributed by atoms with Crippen LogP contribution in [0.4, 0.5) is 0 Å². The predicted octanol–water partition coefficient (Wildman–Crippen LogP) is 5.93. The molecule has 1 saturated carbocycles. The number of hydrogen-bond donors (Lipinski definition) is 2. The molecule has 0 aromatic heterocycles. The Labute approximate surface area is 177 Å². The van der Waals surface area contributed by atoms with Crippen LogP contribution in [-0.2, 0) is 11.2 Å². The number of hydrogen-bond acceptors (Lipinski definition) is 3. The van der Waals surface area contributed by atoms with Crippen LogP contribution < -0.4 is 5.32 Å². The van der Waals surface area contributed by atoms with E-state index < -0.39 is 0 Å². The van der Waals surface area contributed by atoms with Gasteiger partial charge in [0.1, 0.15) is 0 Å². The zero-order valence-electron chi connectivity index (χ0n) is 18.3. The third-order valence-electron chi connectivity index (χ3n) is 6.01. The van der Waals surface area contributed by atoms with E-state index in [0.29, 0.717) is 5.56 Å². The van der Waals surface area contributed by atoms with Gasteiger partial charge in [-0.15, -0.1) is 0 Å². The Morgan fingerprint density at radius 3 is 2.48 bits per heavy atom. The topological polar surface area (TPSA) is 62.2 Å². The first kappa shape index (κ1) is 23.6. The predicted molar refractivity (Wildman–Crippen MR) is 121 cm³/mol. The maximum absolute atomic E-state index is 12.2. The van der Waals surface area contributed by atoms with Gasteiger partial charge < -0.3 is 15.5 Å². The molecule has 1 unspecified atom stereocenters. The van der Waals surface area contributed by atoms with Crippen LogP contribution in [0.5, 0.6) is 0 Å². The van der Waals surface area contributed by atoms with Crippen molar-refractivity contribution in [2.45, 2.75) is 90.0 Å². The molecule has 1 fully saturated rings. The summed E-state index contributed by atoms with van der Waals surface area (Å²) in [5.74, 6) is 0.725. The van der Waals surface area contributed by atoms with E-state index in [4.69, 9.17) is 10.1 Å². The van der Waals surface area contributed by atoms with Gasteiger partial charge in [-0.3, -0.25) is 4.79 Å². The summed E-state index contributed by atoms with van der Waals surface area (Å²) >= 11 is 0. The number of carbonyl (C=O) groups excluding carboxylic acids is 1. The molecule has 162 valence electrons. The van der Waals surface area contributed by atoms with Crippen molar-refractivity contribution in [3.63, 3.8) is 0 Å². The Balaban J connectivity index is 1.49. The van der Waals surface area contributed by atoms with Gasteiger partial charge in [0.05, 0.1) is 6.04 Å². The molecule has 2 rings (SSSR count). The summed E-state index contributed by atoms with van der Waals surface area (Å²) in [6.07, 6.45) is 16.2. The van der Waals surface area contributed by atoms with Gasteiger partial charge in [0.15, 0.2) is 0 Å². The second kappa shape index (κ2) is 14.3. The summed E-state index contributed by atoms with van der Waals surface area (Å²) in [4.78, 5) is 12.2. The second-order valence-electron chi connectivity index (χ2n) is 8.45. The van der Waals surface area contributed by atoms with E-state index in [-0.39, 0.29) is 11.9 Å². The lowest BCUT2D eigenvalue weighted by atomic mass is 9.90. The third-order valence-corrected chi connectivity index (χ3v) is 6.01. The van der Waals surface area contributed by atoms with Crippen molar-refractivity contribution in [2.75, 3.05) is 13.2 Å². The Bertz CT molecular complexity index is 579. The van der Waals surface area contributed by atoms with Crippen LogP contribution in [-0.4, -0.2) is 31.4 Å². The van der Waals surface area contributed by atoms with Gasteiger partial charge in [0.2, 0.25) is 0 Å². The lowest BCUT2D eigenvalue weighted by Crippen LogP contribution is -2.35. The molecule has 1 aromatic carbocycles. The molecule has 0 spiro atoms. The standard InChI is InChI=1S/C25H40N2O2/c1-2-24(19-26)27-25(28)23-16-14-21(15-17-23)11-7-4-3-5-10-18-29-20-22-12-8-6-9-13-22/h14-17,19,22,24,26H,2-13,18,20H2,1H3,(H,27,28). The highest BCUT2D eigenvalue weighted by atomic mass is 16.5. The first-order valence-electron chi connectivity index (χ1n) is 11.7. The van der Waals surface area contributed by atoms with Crippen molar-refractivity contribution in [3.8, 4) is 0 Å². The molecule has 4 heteroatoms. The van der Waals surface area contributed by atoms with Gasteiger partial charge in [0.25, 0.3) is 5.91 Å². The molecule has 0 bridgehead atoms. The largest absolute Gasteiger partial charge is 0.381 e. The SMILES string of the molecule is CCC(C=N)NC(=O)c1ccc(CCCCCCCOCC2CCCCC2)cc1. The molecule has 29 heavy (non-hydrogen) atoms. The molecule has 4 nitrogen and oxygen atoms in total. The zero-order chi connectivity index (χ0) is 20.7. The molecule has 1 aromatic rings. The molecule has 1 aliphatic carbocycles. The number of amides is 1. The van der Waals surface area contributed by atoms with Crippen LogP contribution in [0, 0.1) is 11.3 Å². The molecule has 2 N–H and O–H groups in total. The fraction of sp³-hybridized carbons (Fsp3) is 0.680. The highest BCUT2D eigenvalue weighted by Crippen LogP contribution is 2.23. The molecule has 0 heterocycles. The van der Waals surface area contributed by atoms with E-state index in [1.54, 1.807) is 0 Å². The van der Waals surface area contributed by atoms with Gasteiger partial charge in [-0.1, -0.05) is 57.6 Å². The van der Waals surface area contributed by atoms with E-state index >= 15 is 0 Å². The van der Waals surface area contributed by atoms with Crippen LogP contribution in [0.15, 0.2) is 24.3 Å². The molecule has 0 radical (unpaired) electrons. The lowest BCUT2D eigenvalue weighted by Gasteiger charge is -2.21. The first-order valence-corrected chi connectivity index (χ1v) is 11.7. The van der Waals surface area contributed by atoms with Crippen molar-refractivity contribution in [2.24, 2.45) is 5.92 Å². The van der Waals surface area contributed by atoms with Gasteiger partial charge in [-0.05, 0) is 62.1 Å². The van der Waals surface area contributed by atoms with Crippen molar-refractivity contribution in [3.05, 3.63) is 35.4 Å². The smallest absolute Gasteiger partial charge is 0.251 e. The Kier molecular flexibility index (Phi) is 11.7. The third kappa shape index (κ3) is 9.58. The molecular weight excluding hydrogens is 360 g/mol. The van der Waals surface area contributed by atoms with Gasteiger partial charge >= 0.3 is 0 Å². The number of unbranched alkanes of at least 4 members (excludes halogenated alkanes) is 4. The minimum Gasteiger partial charge on any atom is -0.381 e. The monoisotopic (exact) mass is 400 g/mol. The van der Waals surface area contributed by atoms with Crippen LogP contribution in [0.3, 0.4) is 0 Å². The summed E-state index contributed by atoms with van der Waals surface area (Å²) in [6.45, 7) is 3.87. The highest BCUT2D eigenvalue weighted by molar-refractivity contribution is 5.95. The Morgan fingerprint density at radius 2 is 1.79 bits per heavy atom. The summed E-state index contributed by atoms with van der Waals surface area (Å²) in [6, 6.07) is 7.72. The molecule has 1 atom stereocenters. The minimum absolute atomic E-state index is 0.0994. The fourth-order valence-corrected chi connectivity index (χ4v) is 4.00. The van der Waals surface area contributed by atoms with E-state index in [2.05, 4.69) is 17.4 Å². The fourth-order valence-electron chi connectivity index (χ4n) is 4.00. The van der Waals surface area contributed by atoms with Gasteiger partial charge in [0, 0.05) is 25.0 Å². The van der Waals surface area contributed by atoms with Crippen molar-refractivity contribution >= 4 is 12.1 Å². The van der Waals surface area contributed by atoms with Crippen LogP contribution in [0.1, 0.15) is 93.5 Å². The first-order chi connectivity index (χ1) is 14.2. The van der Waals surface area contributed by atoms with E-state index in [0.717, 1.165) is 32.0 Å². The average Bonchev–Trinajstić information content (AvgIpc) is 2.77. The Morgan fingerprint density at radius 1 is 1.10 bits per heavy atom.